The predicted molar refractivity (Wildman–Crippen MR) is 254 cm³/mol. The van der Waals surface area contributed by atoms with E-state index in [0.717, 1.165) is 110 Å². The van der Waals surface area contributed by atoms with Crippen molar-refractivity contribution in [1.29, 1.82) is 21.0 Å². The van der Waals surface area contributed by atoms with Crippen LogP contribution in [0.15, 0.2) is 176 Å². The zero-order chi connectivity index (χ0) is 42.3. The summed E-state index contributed by atoms with van der Waals surface area (Å²) in [5, 5.41) is 52.0. The standard InChI is InChI=1S/C58H29N5/c59-30-34-18-20-40(36(28-34)32-61)53-43-14-7-8-15-44(43)54(41-21-19-35(31-60)29-37(41)33-62)58-50-25-23-47-45-26-27-51(63(38-10-3-1-4-11-38)39-12-5-2-6-13-39)48-17-9-16-42(52(45)48)46-22-24-49(57(53)58)56(50)55(46)47/h1-29H. The molecule has 0 saturated heterocycles. The molecule has 11 aromatic rings. The highest BCUT2D eigenvalue weighted by Gasteiger charge is 2.33. The van der Waals surface area contributed by atoms with Gasteiger partial charge in [0.2, 0.25) is 0 Å². The van der Waals surface area contributed by atoms with Crippen LogP contribution >= 0.6 is 0 Å². The van der Waals surface area contributed by atoms with Crippen LogP contribution in [0.5, 0.6) is 0 Å². The topological polar surface area (TPSA) is 98.4 Å². The molecule has 11 aromatic carbocycles. The van der Waals surface area contributed by atoms with Crippen LogP contribution in [-0.4, -0.2) is 0 Å². The van der Waals surface area contributed by atoms with Gasteiger partial charge < -0.3 is 4.90 Å². The van der Waals surface area contributed by atoms with E-state index in [-0.39, 0.29) is 0 Å². The smallest absolute Gasteiger partial charge is 0.0998 e. The summed E-state index contributed by atoms with van der Waals surface area (Å²) in [6, 6.07) is 69.2. The monoisotopic (exact) mass is 795 g/mol. The van der Waals surface area contributed by atoms with Crippen molar-refractivity contribution in [1.82, 2.24) is 0 Å². The van der Waals surface area contributed by atoms with Gasteiger partial charge in [-0.1, -0.05) is 121 Å². The highest BCUT2D eigenvalue weighted by molar-refractivity contribution is 6.40. The fourth-order valence-electron chi connectivity index (χ4n) is 10.4. The van der Waals surface area contributed by atoms with Crippen LogP contribution in [0, 0.1) is 45.3 Å². The minimum absolute atomic E-state index is 0.410. The van der Waals surface area contributed by atoms with E-state index in [1.807, 2.05) is 36.4 Å². The molecule has 5 nitrogen and oxygen atoms in total. The molecule has 0 saturated carbocycles. The number of benzene rings is 11. The molecule has 63 heavy (non-hydrogen) atoms. The van der Waals surface area contributed by atoms with E-state index in [0.29, 0.717) is 22.3 Å². The molecule has 0 heterocycles. The molecule has 0 aliphatic heterocycles. The van der Waals surface area contributed by atoms with Crippen molar-refractivity contribution in [2.24, 2.45) is 0 Å². The molecule has 0 amide bonds. The number of rotatable bonds is 5. The van der Waals surface area contributed by atoms with E-state index in [4.69, 9.17) is 0 Å². The Labute approximate surface area is 362 Å². The van der Waals surface area contributed by atoms with E-state index in [9.17, 15) is 21.0 Å². The van der Waals surface area contributed by atoms with Gasteiger partial charge in [0.05, 0.1) is 52.2 Å². The van der Waals surface area contributed by atoms with E-state index in [1.54, 1.807) is 24.3 Å². The summed E-state index contributed by atoms with van der Waals surface area (Å²) in [6.45, 7) is 0. The highest BCUT2D eigenvalue weighted by Crippen LogP contribution is 2.60. The van der Waals surface area contributed by atoms with Gasteiger partial charge in [0.1, 0.15) is 0 Å². The van der Waals surface area contributed by atoms with Gasteiger partial charge in [0, 0.05) is 27.9 Å². The molecule has 286 valence electrons. The summed E-state index contributed by atoms with van der Waals surface area (Å²) in [5.74, 6) is 0. The van der Waals surface area contributed by atoms with Gasteiger partial charge in [-0.2, -0.15) is 21.0 Å². The molecule has 0 N–H and O–H groups in total. The molecule has 0 aromatic heterocycles. The van der Waals surface area contributed by atoms with Gasteiger partial charge >= 0.3 is 0 Å². The van der Waals surface area contributed by atoms with Gasteiger partial charge in [-0.25, -0.2) is 0 Å². The number of para-hydroxylation sites is 2. The number of nitrogens with zero attached hydrogens (tertiary/aromatic N) is 5. The van der Waals surface area contributed by atoms with Crippen molar-refractivity contribution in [3.63, 3.8) is 0 Å². The van der Waals surface area contributed by atoms with Crippen LogP contribution in [0.2, 0.25) is 0 Å². The van der Waals surface area contributed by atoms with E-state index >= 15 is 0 Å². The average molecular weight is 796 g/mol. The quantitative estimate of drug-likeness (QED) is 0.128. The van der Waals surface area contributed by atoms with Gasteiger partial charge in [-0.15, -0.1) is 0 Å². The van der Waals surface area contributed by atoms with Crippen molar-refractivity contribution in [2.75, 3.05) is 4.90 Å². The molecule has 1 aliphatic carbocycles. The summed E-state index contributed by atoms with van der Waals surface area (Å²) < 4.78 is 0. The first-order chi connectivity index (χ1) is 31.1. The Morgan fingerprint density at radius 2 is 0.730 bits per heavy atom. The molecule has 0 atom stereocenters. The molecular weight excluding hydrogens is 767 g/mol. The number of fused-ring (bicyclic) bond motifs is 6. The maximum Gasteiger partial charge on any atom is 0.0998 e. The molecule has 0 unspecified atom stereocenters. The zero-order valence-corrected chi connectivity index (χ0v) is 33.5. The van der Waals surface area contributed by atoms with Crippen LogP contribution in [-0.2, 0) is 0 Å². The third-order valence-electron chi connectivity index (χ3n) is 12.9. The van der Waals surface area contributed by atoms with Crippen molar-refractivity contribution < 1.29 is 0 Å². The Bertz CT molecular complexity index is 3740. The maximum absolute atomic E-state index is 10.6. The van der Waals surface area contributed by atoms with Crippen LogP contribution < -0.4 is 4.90 Å². The third-order valence-corrected chi connectivity index (χ3v) is 12.9. The van der Waals surface area contributed by atoms with Crippen LogP contribution in [0.3, 0.4) is 0 Å². The second-order valence-corrected chi connectivity index (χ2v) is 16.0. The van der Waals surface area contributed by atoms with Crippen molar-refractivity contribution >= 4 is 70.9 Å². The first-order valence-corrected chi connectivity index (χ1v) is 20.7. The Balaban J connectivity index is 1.22. The largest absolute Gasteiger partial charge is 0.310 e. The van der Waals surface area contributed by atoms with Crippen LogP contribution in [0.25, 0.3) is 98.4 Å². The summed E-state index contributed by atoms with van der Waals surface area (Å²) in [7, 11) is 0. The van der Waals surface area contributed by atoms with E-state index in [1.165, 1.54) is 5.39 Å². The maximum atomic E-state index is 10.6. The molecule has 0 radical (unpaired) electrons. The fraction of sp³-hybridized carbons (Fsp3) is 0. The minimum Gasteiger partial charge on any atom is -0.310 e. The van der Waals surface area contributed by atoms with Crippen molar-refractivity contribution in [3.05, 3.63) is 198 Å². The predicted octanol–water partition coefficient (Wildman–Crippen LogP) is 14.8. The first kappa shape index (κ1) is 35.7. The molecule has 5 heteroatoms. The number of nitriles is 4. The summed E-state index contributed by atoms with van der Waals surface area (Å²) >= 11 is 0. The summed E-state index contributed by atoms with van der Waals surface area (Å²) in [5.41, 5.74) is 12.2. The van der Waals surface area contributed by atoms with E-state index < -0.39 is 0 Å². The fourth-order valence-corrected chi connectivity index (χ4v) is 10.4. The number of hydrogen-bond donors (Lipinski definition) is 0. The van der Waals surface area contributed by atoms with Gasteiger partial charge in [-0.05, 0) is 136 Å². The molecule has 0 spiro atoms. The second-order valence-electron chi connectivity index (χ2n) is 16.0. The molecular formula is C58H29N5. The van der Waals surface area contributed by atoms with Crippen molar-refractivity contribution in [2.45, 2.75) is 0 Å². The van der Waals surface area contributed by atoms with E-state index in [2.05, 4.69) is 144 Å². The van der Waals surface area contributed by atoms with Crippen LogP contribution in [0.4, 0.5) is 17.1 Å². The lowest BCUT2D eigenvalue weighted by Gasteiger charge is -2.27. The van der Waals surface area contributed by atoms with Crippen LogP contribution in [0.1, 0.15) is 22.3 Å². The minimum atomic E-state index is 0.410. The Morgan fingerprint density at radius 1 is 0.302 bits per heavy atom. The lowest BCUT2D eigenvalue weighted by atomic mass is 9.80. The second kappa shape index (κ2) is 13.6. The molecule has 12 rings (SSSR count). The molecule has 1 aliphatic rings. The van der Waals surface area contributed by atoms with Crippen molar-refractivity contribution in [3.8, 4) is 68.8 Å². The Morgan fingerprint density at radius 3 is 1.24 bits per heavy atom. The number of anilines is 3. The van der Waals surface area contributed by atoms with Gasteiger partial charge in [-0.3, -0.25) is 0 Å². The zero-order valence-electron chi connectivity index (χ0n) is 33.5. The number of hydrogen-bond acceptors (Lipinski definition) is 5. The lowest BCUT2D eigenvalue weighted by molar-refractivity contribution is 1.30. The highest BCUT2D eigenvalue weighted by atomic mass is 15.1. The summed E-state index contributed by atoms with van der Waals surface area (Å²) in [4.78, 5) is 2.33. The lowest BCUT2D eigenvalue weighted by Crippen LogP contribution is -2.10. The average Bonchev–Trinajstić information content (AvgIpc) is 3.68. The Kier molecular flexibility index (Phi) is 7.72. The molecule has 0 bridgehead atoms. The Hall–Kier alpha value is -9.26. The normalized spacial score (nSPS) is 11.4. The van der Waals surface area contributed by atoms with Gasteiger partial charge in [0.25, 0.3) is 0 Å². The SMILES string of the molecule is N#Cc1ccc(-c2c3c(c(-c4ccc(C#N)cc4C#N)c4ccccc24)-c2ccc4c5ccc(N(c6ccccc6)c6ccccc6)c6cccc(c7ccc-3c2c74)c65)c(C#N)c1. The third kappa shape index (κ3) is 5.00. The summed E-state index contributed by atoms with van der Waals surface area (Å²) in [6.07, 6.45) is 0. The first-order valence-electron chi connectivity index (χ1n) is 20.7. The van der Waals surface area contributed by atoms with Gasteiger partial charge in [0.15, 0.2) is 0 Å². The molecule has 0 fully saturated rings.